The number of sulfonamides is 1. The van der Waals surface area contributed by atoms with Crippen molar-refractivity contribution in [1.82, 2.24) is 9.62 Å². The molecule has 1 amide bonds. The highest BCUT2D eigenvalue weighted by Crippen LogP contribution is 2.41. The van der Waals surface area contributed by atoms with Gasteiger partial charge in [-0.2, -0.15) is 4.31 Å². The SMILES string of the molecule is O=C(NCc1ccccc1S(=O)(=O)N1CCOCC1)C1(c2cccc(F)c2)CCCC1. The van der Waals surface area contributed by atoms with Crippen molar-refractivity contribution < 1.29 is 22.3 Å². The molecule has 2 aromatic carbocycles. The number of morpholine rings is 1. The van der Waals surface area contributed by atoms with Crippen LogP contribution in [-0.2, 0) is 31.5 Å². The predicted octanol–water partition coefficient (Wildman–Crippen LogP) is 2.97. The molecule has 0 aromatic heterocycles. The molecule has 0 unspecified atom stereocenters. The summed E-state index contributed by atoms with van der Waals surface area (Å²) in [5.41, 5.74) is 0.437. The third-order valence-electron chi connectivity index (χ3n) is 6.27. The summed E-state index contributed by atoms with van der Waals surface area (Å²) in [6.45, 7) is 1.45. The van der Waals surface area contributed by atoms with Gasteiger partial charge in [-0.1, -0.05) is 43.2 Å². The van der Waals surface area contributed by atoms with E-state index >= 15 is 0 Å². The molecule has 0 atom stereocenters. The van der Waals surface area contributed by atoms with Crippen LogP contribution in [0.4, 0.5) is 4.39 Å². The zero-order valence-electron chi connectivity index (χ0n) is 17.3. The first-order valence-corrected chi connectivity index (χ1v) is 12.1. The maximum Gasteiger partial charge on any atom is 0.243 e. The summed E-state index contributed by atoms with van der Waals surface area (Å²) in [7, 11) is -3.68. The van der Waals surface area contributed by atoms with Crippen LogP contribution in [0.15, 0.2) is 53.4 Å². The lowest BCUT2D eigenvalue weighted by molar-refractivity contribution is -0.126. The molecule has 2 aromatic rings. The van der Waals surface area contributed by atoms with Gasteiger partial charge in [-0.05, 0) is 42.2 Å². The van der Waals surface area contributed by atoms with Crippen LogP contribution < -0.4 is 5.32 Å². The first kappa shape index (κ1) is 21.9. The number of hydrogen-bond donors (Lipinski definition) is 1. The summed E-state index contributed by atoms with van der Waals surface area (Å²) < 4.78 is 46.8. The van der Waals surface area contributed by atoms with E-state index in [9.17, 15) is 17.6 Å². The fourth-order valence-corrected chi connectivity index (χ4v) is 6.21. The Morgan fingerprint density at radius 2 is 1.77 bits per heavy atom. The van der Waals surface area contributed by atoms with Crippen molar-refractivity contribution in [1.29, 1.82) is 0 Å². The summed E-state index contributed by atoms with van der Waals surface area (Å²) in [5.74, 6) is -0.548. The molecule has 0 spiro atoms. The molecule has 4 rings (SSSR count). The number of nitrogens with zero attached hydrogens (tertiary/aromatic N) is 1. The summed E-state index contributed by atoms with van der Waals surface area (Å²) >= 11 is 0. The number of rotatable bonds is 6. The topological polar surface area (TPSA) is 75.7 Å². The van der Waals surface area contributed by atoms with Crippen LogP contribution in [0.1, 0.15) is 36.8 Å². The first-order chi connectivity index (χ1) is 14.9. The third-order valence-corrected chi connectivity index (χ3v) is 8.27. The van der Waals surface area contributed by atoms with E-state index in [0.717, 1.165) is 12.8 Å². The zero-order valence-corrected chi connectivity index (χ0v) is 18.2. The number of ether oxygens (including phenoxy) is 1. The minimum atomic E-state index is -3.68. The van der Waals surface area contributed by atoms with E-state index in [1.165, 1.54) is 16.4 Å². The van der Waals surface area contributed by atoms with Crippen molar-refractivity contribution in [2.75, 3.05) is 26.3 Å². The lowest BCUT2D eigenvalue weighted by Gasteiger charge is -2.29. The standard InChI is InChI=1S/C23H27FN2O4S/c24-20-8-5-7-19(16-20)23(10-3-4-11-23)22(27)25-17-18-6-1-2-9-21(18)31(28,29)26-12-14-30-15-13-26/h1-2,5-9,16H,3-4,10-15,17H2,(H,25,27). The highest BCUT2D eigenvalue weighted by molar-refractivity contribution is 7.89. The largest absolute Gasteiger partial charge is 0.379 e. The Bertz CT molecular complexity index is 1050. The number of hydrogen-bond acceptors (Lipinski definition) is 4. The molecule has 0 radical (unpaired) electrons. The molecular formula is C23H27FN2O4S. The monoisotopic (exact) mass is 446 g/mol. The lowest BCUT2D eigenvalue weighted by Crippen LogP contribution is -2.43. The molecular weight excluding hydrogens is 419 g/mol. The van der Waals surface area contributed by atoms with Gasteiger partial charge in [0.2, 0.25) is 15.9 Å². The minimum absolute atomic E-state index is 0.0929. The van der Waals surface area contributed by atoms with Crippen molar-refractivity contribution in [2.45, 2.75) is 42.5 Å². The first-order valence-electron chi connectivity index (χ1n) is 10.6. The summed E-state index contributed by atoms with van der Waals surface area (Å²) in [5, 5.41) is 2.95. The predicted molar refractivity (Wildman–Crippen MR) is 114 cm³/mol. The number of carbonyl (C=O) groups is 1. The molecule has 2 aliphatic rings. The smallest absolute Gasteiger partial charge is 0.243 e. The fraction of sp³-hybridized carbons (Fsp3) is 0.435. The Morgan fingerprint density at radius 1 is 1.06 bits per heavy atom. The summed E-state index contributed by atoms with van der Waals surface area (Å²) in [4.78, 5) is 13.5. The average Bonchev–Trinajstić information content (AvgIpc) is 3.30. The van der Waals surface area contributed by atoms with Crippen LogP contribution in [0, 0.1) is 5.82 Å². The van der Waals surface area contributed by atoms with E-state index in [1.54, 1.807) is 36.4 Å². The van der Waals surface area contributed by atoms with Gasteiger partial charge < -0.3 is 10.1 Å². The number of halogens is 1. The van der Waals surface area contributed by atoms with Crippen LogP contribution in [0.2, 0.25) is 0 Å². The van der Waals surface area contributed by atoms with Gasteiger partial charge in [0, 0.05) is 19.6 Å². The molecule has 2 fully saturated rings. The maximum absolute atomic E-state index is 13.9. The van der Waals surface area contributed by atoms with Gasteiger partial charge in [0.1, 0.15) is 5.82 Å². The molecule has 8 heteroatoms. The van der Waals surface area contributed by atoms with Gasteiger partial charge in [0.15, 0.2) is 0 Å². The van der Waals surface area contributed by atoms with Crippen molar-refractivity contribution >= 4 is 15.9 Å². The van der Waals surface area contributed by atoms with E-state index in [4.69, 9.17) is 4.74 Å². The van der Waals surface area contributed by atoms with Gasteiger partial charge in [0.25, 0.3) is 0 Å². The Kier molecular flexibility index (Phi) is 6.41. The molecule has 1 aliphatic carbocycles. The zero-order chi connectivity index (χ0) is 21.9. The Hall–Kier alpha value is -2.29. The molecule has 1 saturated carbocycles. The maximum atomic E-state index is 13.9. The van der Waals surface area contributed by atoms with E-state index < -0.39 is 15.4 Å². The van der Waals surface area contributed by atoms with E-state index in [0.29, 0.717) is 50.3 Å². The van der Waals surface area contributed by atoms with Crippen molar-refractivity contribution in [3.8, 4) is 0 Å². The fourth-order valence-electron chi connectivity index (χ4n) is 4.58. The van der Waals surface area contributed by atoms with Gasteiger partial charge in [-0.25, -0.2) is 12.8 Å². The second-order valence-corrected chi connectivity index (χ2v) is 10.0. The molecule has 1 N–H and O–H groups in total. The van der Waals surface area contributed by atoms with Gasteiger partial charge in [-0.15, -0.1) is 0 Å². The number of benzene rings is 2. The molecule has 0 bridgehead atoms. The Balaban J connectivity index is 1.56. The molecule has 1 saturated heterocycles. The Labute approximate surface area is 182 Å². The van der Waals surface area contributed by atoms with E-state index in [1.807, 2.05) is 0 Å². The van der Waals surface area contributed by atoms with E-state index in [-0.39, 0.29) is 23.2 Å². The second-order valence-electron chi connectivity index (χ2n) is 8.11. The van der Waals surface area contributed by atoms with Gasteiger partial charge >= 0.3 is 0 Å². The lowest BCUT2D eigenvalue weighted by atomic mass is 9.78. The summed E-state index contributed by atoms with van der Waals surface area (Å²) in [6.07, 6.45) is 3.09. The number of amides is 1. The van der Waals surface area contributed by atoms with Gasteiger partial charge in [0.05, 0.1) is 23.5 Å². The van der Waals surface area contributed by atoms with Crippen molar-refractivity contribution in [2.24, 2.45) is 0 Å². The van der Waals surface area contributed by atoms with E-state index in [2.05, 4.69) is 5.32 Å². The van der Waals surface area contributed by atoms with Crippen molar-refractivity contribution in [3.05, 3.63) is 65.5 Å². The van der Waals surface area contributed by atoms with Gasteiger partial charge in [-0.3, -0.25) is 4.79 Å². The highest BCUT2D eigenvalue weighted by atomic mass is 32.2. The normalized spacial score (nSPS) is 19.3. The molecule has 1 aliphatic heterocycles. The molecule has 31 heavy (non-hydrogen) atoms. The average molecular weight is 447 g/mol. The minimum Gasteiger partial charge on any atom is -0.379 e. The van der Waals surface area contributed by atoms with Crippen molar-refractivity contribution in [3.63, 3.8) is 0 Å². The Morgan fingerprint density at radius 3 is 2.48 bits per heavy atom. The van der Waals surface area contributed by atoms with Crippen LogP contribution in [0.25, 0.3) is 0 Å². The van der Waals surface area contributed by atoms with Crippen LogP contribution in [0.3, 0.4) is 0 Å². The highest BCUT2D eigenvalue weighted by Gasteiger charge is 2.42. The van der Waals surface area contributed by atoms with Crippen LogP contribution in [0.5, 0.6) is 0 Å². The summed E-state index contributed by atoms with van der Waals surface area (Å²) in [6, 6.07) is 13.0. The second kappa shape index (κ2) is 9.06. The number of carbonyl (C=O) groups excluding carboxylic acids is 1. The molecule has 166 valence electrons. The number of nitrogens with one attached hydrogen (secondary N) is 1. The third kappa shape index (κ3) is 4.37. The van der Waals surface area contributed by atoms with Crippen LogP contribution >= 0.6 is 0 Å². The molecule has 6 nitrogen and oxygen atoms in total. The molecule has 1 heterocycles. The quantitative estimate of drug-likeness (QED) is 0.740. The van der Waals surface area contributed by atoms with Crippen LogP contribution in [-0.4, -0.2) is 44.9 Å².